The van der Waals surface area contributed by atoms with Crippen LogP contribution >= 0.6 is 0 Å². The Morgan fingerprint density at radius 1 is 1.10 bits per heavy atom. The first-order valence-electron chi connectivity index (χ1n) is 9.54. The van der Waals surface area contributed by atoms with Crippen molar-refractivity contribution in [1.82, 2.24) is 24.0 Å². The lowest BCUT2D eigenvalue weighted by Crippen LogP contribution is -2.39. The van der Waals surface area contributed by atoms with E-state index in [0.717, 1.165) is 10.1 Å². The van der Waals surface area contributed by atoms with Crippen LogP contribution in [-0.2, 0) is 20.6 Å². The van der Waals surface area contributed by atoms with Crippen molar-refractivity contribution in [3.63, 3.8) is 0 Å². The highest BCUT2D eigenvalue weighted by Crippen LogP contribution is 2.20. The summed E-state index contributed by atoms with van der Waals surface area (Å²) in [5, 5.41) is 23.3. The maximum absolute atomic E-state index is 12.5. The molecule has 0 bridgehead atoms. The number of aliphatic hydroxyl groups is 1. The molecular weight excluding hydrogens is 374 g/mol. The van der Waals surface area contributed by atoms with E-state index in [9.17, 15) is 19.8 Å². The van der Waals surface area contributed by atoms with Crippen molar-refractivity contribution in [2.45, 2.75) is 45.0 Å². The SMILES string of the molecule is CC(CCn1cnc2c1c(=O)n(C)c(=O)n2C)NC(C)C(O)c1ccc(O)cc1. The molecule has 9 nitrogen and oxygen atoms in total. The number of phenolic OH excluding ortho intramolecular Hbond substituents is 1. The Kier molecular flexibility index (Phi) is 5.90. The van der Waals surface area contributed by atoms with Gasteiger partial charge in [0.15, 0.2) is 11.2 Å². The smallest absolute Gasteiger partial charge is 0.332 e. The number of rotatable bonds is 7. The van der Waals surface area contributed by atoms with Gasteiger partial charge in [-0.2, -0.15) is 0 Å². The quantitative estimate of drug-likeness (QED) is 0.535. The number of hydrogen-bond donors (Lipinski definition) is 3. The molecule has 156 valence electrons. The van der Waals surface area contributed by atoms with Gasteiger partial charge in [-0.1, -0.05) is 12.1 Å². The lowest BCUT2D eigenvalue weighted by Gasteiger charge is -2.25. The van der Waals surface area contributed by atoms with E-state index >= 15 is 0 Å². The molecule has 9 heteroatoms. The molecule has 3 aromatic rings. The van der Waals surface area contributed by atoms with E-state index in [1.165, 1.54) is 11.6 Å². The molecule has 1 aromatic carbocycles. The van der Waals surface area contributed by atoms with Gasteiger partial charge in [-0.15, -0.1) is 0 Å². The minimum atomic E-state index is -0.714. The van der Waals surface area contributed by atoms with E-state index in [-0.39, 0.29) is 23.4 Å². The molecule has 3 N–H and O–H groups in total. The Balaban J connectivity index is 1.68. The molecule has 0 radical (unpaired) electrons. The summed E-state index contributed by atoms with van der Waals surface area (Å²) < 4.78 is 4.21. The van der Waals surface area contributed by atoms with Crippen LogP contribution in [0.1, 0.15) is 31.9 Å². The van der Waals surface area contributed by atoms with E-state index in [4.69, 9.17) is 0 Å². The maximum atomic E-state index is 12.5. The maximum Gasteiger partial charge on any atom is 0.332 e. The van der Waals surface area contributed by atoms with Crippen molar-refractivity contribution in [1.29, 1.82) is 0 Å². The number of aliphatic hydroxyl groups excluding tert-OH is 1. The van der Waals surface area contributed by atoms with Crippen molar-refractivity contribution in [3.05, 3.63) is 57.0 Å². The molecule has 29 heavy (non-hydrogen) atoms. The summed E-state index contributed by atoms with van der Waals surface area (Å²) in [6, 6.07) is 6.34. The van der Waals surface area contributed by atoms with Crippen LogP contribution in [0.3, 0.4) is 0 Å². The number of aromatic hydroxyl groups is 1. The number of aryl methyl sites for hydroxylation is 2. The van der Waals surface area contributed by atoms with Gasteiger partial charge in [0, 0.05) is 32.7 Å². The topological polar surface area (TPSA) is 114 Å². The second-order valence-electron chi connectivity index (χ2n) is 7.50. The Morgan fingerprint density at radius 2 is 1.76 bits per heavy atom. The predicted octanol–water partition coefficient (Wildman–Crippen LogP) is 0.630. The summed E-state index contributed by atoms with van der Waals surface area (Å²) in [5.41, 5.74) is 0.728. The second-order valence-corrected chi connectivity index (χ2v) is 7.50. The van der Waals surface area contributed by atoms with Crippen LogP contribution in [0.25, 0.3) is 11.2 Å². The Bertz CT molecular complexity index is 1110. The normalized spacial score (nSPS) is 14.8. The Morgan fingerprint density at radius 3 is 2.41 bits per heavy atom. The second kappa shape index (κ2) is 8.22. The molecule has 0 saturated carbocycles. The zero-order chi connectivity index (χ0) is 21.3. The van der Waals surface area contributed by atoms with E-state index < -0.39 is 11.8 Å². The molecule has 2 aromatic heterocycles. The van der Waals surface area contributed by atoms with Crippen LogP contribution in [-0.4, -0.2) is 41.0 Å². The van der Waals surface area contributed by atoms with Crippen molar-refractivity contribution < 1.29 is 10.2 Å². The van der Waals surface area contributed by atoms with Crippen molar-refractivity contribution >= 4 is 11.2 Å². The summed E-state index contributed by atoms with van der Waals surface area (Å²) >= 11 is 0. The van der Waals surface area contributed by atoms with Gasteiger partial charge in [-0.25, -0.2) is 9.78 Å². The molecule has 0 spiro atoms. The fraction of sp³-hybridized carbons (Fsp3) is 0.450. The molecule has 0 saturated heterocycles. The average molecular weight is 401 g/mol. The zero-order valence-corrected chi connectivity index (χ0v) is 17.0. The summed E-state index contributed by atoms with van der Waals surface area (Å²) in [4.78, 5) is 28.8. The van der Waals surface area contributed by atoms with Gasteiger partial charge in [-0.3, -0.25) is 13.9 Å². The van der Waals surface area contributed by atoms with E-state index in [1.54, 1.807) is 42.2 Å². The third-order valence-corrected chi connectivity index (χ3v) is 5.28. The Labute approximate surface area is 167 Å². The van der Waals surface area contributed by atoms with E-state index in [1.807, 2.05) is 13.8 Å². The molecule has 0 aliphatic heterocycles. The molecule has 0 aliphatic rings. The third kappa shape index (κ3) is 4.10. The molecule has 2 heterocycles. The standard InChI is InChI=1S/C20H27N5O4/c1-12(22-13(2)17(27)14-5-7-15(26)8-6-14)9-10-25-11-21-18-16(25)19(28)24(4)20(29)23(18)3/h5-8,11-13,17,22,26-27H,9-10H2,1-4H3. The summed E-state index contributed by atoms with van der Waals surface area (Å²) in [6.07, 6.45) is 1.56. The monoisotopic (exact) mass is 401 g/mol. The van der Waals surface area contributed by atoms with Gasteiger partial charge in [0.25, 0.3) is 5.56 Å². The first kappa shape index (κ1) is 20.8. The molecule has 0 aliphatic carbocycles. The fourth-order valence-corrected chi connectivity index (χ4v) is 3.48. The van der Waals surface area contributed by atoms with Gasteiger partial charge in [0.05, 0.1) is 12.4 Å². The van der Waals surface area contributed by atoms with Crippen LogP contribution in [0.15, 0.2) is 40.2 Å². The highest BCUT2D eigenvalue weighted by Gasteiger charge is 2.19. The minimum Gasteiger partial charge on any atom is -0.508 e. The lowest BCUT2D eigenvalue weighted by molar-refractivity contribution is 0.129. The molecule has 3 atom stereocenters. The first-order chi connectivity index (χ1) is 13.7. The number of nitrogens with one attached hydrogen (secondary N) is 1. The van der Waals surface area contributed by atoms with Gasteiger partial charge in [0.1, 0.15) is 5.75 Å². The molecule has 0 amide bonds. The molecular formula is C20H27N5O4. The molecule has 3 rings (SSSR count). The van der Waals surface area contributed by atoms with E-state index in [2.05, 4.69) is 10.3 Å². The summed E-state index contributed by atoms with van der Waals surface area (Å²) in [6.45, 7) is 4.44. The van der Waals surface area contributed by atoms with Gasteiger partial charge in [0.2, 0.25) is 0 Å². The van der Waals surface area contributed by atoms with Gasteiger partial charge < -0.3 is 20.1 Å². The van der Waals surface area contributed by atoms with Crippen LogP contribution < -0.4 is 16.6 Å². The summed E-state index contributed by atoms with van der Waals surface area (Å²) in [7, 11) is 3.05. The number of hydrogen-bond acceptors (Lipinski definition) is 6. The predicted molar refractivity (Wildman–Crippen MR) is 110 cm³/mol. The average Bonchev–Trinajstić information content (AvgIpc) is 3.13. The van der Waals surface area contributed by atoms with Crippen molar-refractivity contribution in [2.75, 3.05) is 0 Å². The van der Waals surface area contributed by atoms with Crippen LogP contribution in [0.2, 0.25) is 0 Å². The van der Waals surface area contributed by atoms with Crippen molar-refractivity contribution in [3.8, 4) is 5.75 Å². The number of phenols is 1. The third-order valence-electron chi connectivity index (χ3n) is 5.28. The Hall–Kier alpha value is -2.91. The number of imidazole rings is 1. The van der Waals surface area contributed by atoms with E-state index in [0.29, 0.717) is 24.1 Å². The number of aromatic nitrogens is 4. The highest BCUT2D eigenvalue weighted by molar-refractivity contribution is 5.69. The number of fused-ring (bicyclic) bond motifs is 1. The van der Waals surface area contributed by atoms with Crippen LogP contribution in [0.4, 0.5) is 0 Å². The number of nitrogens with zero attached hydrogens (tertiary/aromatic N) is 4. The first-order valence-corrected chi connectivity index (χ1v) is 9.54. The summed E-state index contributed by atoms with van der Waals surface area (Å²) in [5.74, 6) is 0.158. The zero-order valence-electron chi connectivity index (χ0n) is 17.0. The van der Waals surface area contributed by atoms with Crippen LogP contribution in [0, 0.1) is 0 Å². The lowest BCUT2D eigenvalue weighted by atomic mass is 10.0. The molecule has 3 unspecified atom stereocenters. The highest BCUT2D eigenvalue weighted by atomic mass is 16.3. The van der Waals surface area contributed by atoms with Gasteiger partial charge >= 0.3 is 5.69 Å². The largest absolute Gasteiger partial charge is 0.508 e. The van der Waals surface area contributed by atoms with Crippen molar-refractivity contribution in [2.24, 2.45) is 14.1 Å². The fourth-order valence-electron chi connectivity index (χ4n) is 3.48. The van der Waals surface area contributed by atoms with Gasteiger partial charge in [-0.05, 0) is 38.0 Å². The minimum absolute atomic E-state index is 0.0607. The van der Waals surface area contributed by atoms with Crippen LogP contribution in [0.5, 0.6) is 5.75 Å². The molecule has 0 fully saturated rings. The number of benzene rings is 1.